The van der Waals surface area contributed by atoms with Gasteiger partial charge in [0.2, 0.25) is 11.8 Å². The van der Waals surface area contributed by atoms with E-state index in [-0.39, 0.29) is 36.9 Å². The second kappa shape index (κ2) is 9.33. The number of hydrogen-bond donors (Lipinski definition) is 2. The maximum atomic E-state index is 12.1. The molecule has 3 N–H and O–H groups in total. The molecular weight excluding hydrogens is 306 g/mol. The highest BCUT2D eigenvalue weighted by Gasteiger charge is 2.30. The zero-order valence-corrected chi connectivity index (χ0v) is 14.1. The van der Waals surface area contributed by atoms with Crippen molar-refractivity contribution in [3.8, 4) is 0 Å². The maximum absolute atomic E-state index is 12.1. The SMILES string of the molecule is CN(C(=O)CNC(=O)[C@@H]1CC[C@H](CN)O1)C1CCCCC1.Cl. The molecule has 0 radical (unpaired) electrons. The molecule has 0 bridgehead atoms. The van der Waals surface area contributed by atoms with Crippen LogP contribution >= 0.6 is 12.4 Å². The maximum Gasteiger partial charge on any atom is 0.249 e. The van der Waals surface area contributed by atoms with Crippen LogP contribution in [0.3, 0.4) is 0 Å². The lowest BCUT2D eigenvalue weighted by molar-refractivity contribution is -0.137. The summed E-state index contributed by atoms with van der Waals surface area (Å²) in [5.41, 5.74) is 5.52. The number of nitrogens with zero attached hydrogens (tertiary/aromatic N) is 1. The molecule has 1 aliphatic heterocycles. The molecule has 0 unspecified atom stereocenters. The predicted octanol–water partition coefficient (Wildman–Crippen LogP) is 0.822. The first-order valence-electron chi connectivity index (χ1n) is 8.00. The lowest BCUT2D eigenvalue weighted by Crippen LogP contribution is -2.46. The number of nitrogens with two attached hydrogens (primary N) is 1. The van der Waals surface area contributed by atoms with E-state index in [1.54, 1.807) is 4.90 Å². The summed E-state index contributed by atoms with van der Waals surface area (Å²) in [5, 5.41) is 2.69. The van der Waals surface area contributed by atoms with Crippen LogP contribution in [0.25, 0.3) is 0 Å². The summed E-state index contributed by atoms with van der Waals surface area (Å²) in [6, 6.07) is 0.326. The van der Waals surface area contributed by atoms with Crippen LogP contribution in [0.4, 0.5) is 0 Å². The van der Waals surface area contributed by atoms with Gasteiger partial charge in [0.25, 0.3) is 0 Å². The van der Waals surface area contributed by atoms with Crippen molar-refractivity contribution in [1.29, 1.82) is 0 Å². The quantitative estimate of drug-likeness (QED) is 0.780. The first kappa shape index (κ1) is 19.2. The molecule has 2 atom stereocenters. The number of likely N-dealkylation sites (N-methyl/N-ethyl adjacent to an activating group) is 1. The fourth-order valence-electron chi connectivity index (χ4n) is 3.15. The smallest absolute Gasteiger partial charge is 0.249 e. The first-order valence-corrected chi connectivity index (χ1v) is 8.00. The van der Waals surface area contributed by atoms with Gasteiger partial charge in [-0.2, -0.15) is 0 Å². The van der Waals surface area contributed by atoms with Crippen molar-refractivity contribution in [2.75, 3.05) is 20.1 Å². The zero-order chi connectivity index (χ0) is 15.2. The molecule has 128 valence electrons. The topological polar surface area (TPSA) is 84.7 Å². The van der Waals surface area contributed by atoms with Crippen LogP contribution in [-0.4, -0.2) is 55.1 Å². The second-order valence-electron chi connectivity index (χ2n) is 6.07. The average Bonchev–Trinajstić information content (AvgIpc) is 3.01. The fourth-order valence-corrected chi connectivity index (χ4v) is 3.15. The molecule has 22 heavy (non-hydrogen) atoms. The Hall–Kier alpha value is -0.850. The summed E-state index contributed by atoms with van der Waals surface area (Å²) < 4.78 is 5.52. The minimum absolute atomic E-state index is 0. The largest absolute Gasteiger partial charge is 0.364 e. The third-order valence-corrected chi connectivity index (χ3v) is 4.59. The van der Waals surface area contributed by atoms with E-state index < -0.39 is 6.10 Å². The van der Waals surface area contributed by atoms with Gasteiger partial charge in [0.15, 0.2) is 0 Å². The average molecular weight is 334 g/mol. The third-order valence-electron chi connectivity index (χ3n) is 4.59. The van der Waals surface area contributed by atoms with Gasteiger partial charge in [-0.25, -0.2) is 0 Å². The number of nitrogens with one attached hydrogen (secondary N) is 1. The molecule has 1 saturated carbocycles. The van der Waals surface area contributed by atoms with Gasteiger partial charge in [-0.05, 0) is 25.7 Å². The lowest BCUT2D eigenvalue weighted by atomic mass is 9.94. The van der Waals surface area contributed by atoms with Gasteiger partial charge >= 0.3 is 0 Å². The molecule has 0 aromatic heterocycles. The number of carbonyl (C=O) groups is 2. The summed E-state index contributed by atoms with van der Waals surface area (Å²) in [6.45, 7) is 0.492. The summed E-state index contributed by atoms with van der Waals surface area (Å²) in [5.74, 6) is -0.222. The molecular formula is C15H28ClN3O3. The molecule has 1 aliphatic carbocycles. The van der Waals surface area contributed by atoms with Crippen molar-refractivity contribution < 1.29 is 14.3 Å². The van der Waals surface area contributed by atoms with Gasteiger partial charge in [-0.15, -0.1) is 12.4 Å². The van der Waals surface area contributed by atoms with Crippen molar-refractivity contribution in [2.24, 2.45) is 5.73 Å². The molecule has 2 fully saturated rings. The normalized spacial score (nSPS) is 25.4. The Bertz CT molecular complexity index is 375. The number of carbonyl (C=O) groups excluding carboxylic acids is 2. The van der Waals surface area contributed by atoms with E-state index in [2.05, 4.69) is 5.32 Å². The number of rotatable bonds is 5. The van der Waals surface area contributed by atoms with E-state index in [0.29, 0.717) is 19.0 Å². The van der Waals surface area contributed by atoms with Crippen LogP contribution in [0.1, 0.15) is 44.9 Å². The van der Waals surface area contributed by atoms with E-state index in [1.165, 1.54) is 19.3 Å². The molecule has 0 aromatic rings. The molecule has 2 aliphatic rings. The van der Waals surface area contributed by atoms with Crippen molar-refractivity contribution in [2.45, 2.75) is 63.2 Å². The van der Waals surface area contributed by atoms with E-state index in [9.17, 15) is 9.59 Å². The highest BCUT2D eigenvalue weighted by molar-refractivity contribution is 5.87. The highest BCUT2D eigenvalue weighted by atomic mass is 35.5. The summed E-state index contributed by atoms with van der Waals surface area (Å²) in [6.07, 6.45) is 6.78. The van der Waals surface area contributed by atoms with E-state index in [0.717, 1.165) is 19.3 Å². The Morgan fingerprint density at radius 1 is 1.18 bits per heavy atom. The molecule has 0 aromatic carbocycles. The highest BCUT2D eigenvalue weighted by Crippen LogP contribution is 2.21. The summed E-state index contributed by atoms with van der Waals surface area (Å²) in [4.78, 5) is 25.9. The Kier molecular flexibility index (Phi) is 8.14. The number of ether oxygens (including phenoxy) is 1. The van der Waals surface area contributed by atoms with Crippen LogP contribution in [0.15, 0.2) is 0 Å². The van der Waals surface area contributed by atoms with Gasteiger partial charge < -0.3 is 20.7 Å². The van der Waals surface area contributed by atoms with Crippen LogP contribution in [0.2, 0.25) is 0 Å². The van der Waals surface area contributed by atoms with Crippen LogP contribution in [0, 0.1) is 0 Å². The summed E-state index contributed by atoms with van der Waals surface area (Å²) >= 11 is 0. The minimum Gasteiger partial charge on any atom is -0.364 e. The molecule has 2 amide bonds. The summed E-state index contributed by atoms with van der Waals surface area (Å²) in [7, 11) is 1.83. The van der Waals surface area contributed by atoms with Crippen LogP contribution < -0.4 is 11.1 Å². The lowest BCUT2D eigenvalue weighted by Gasteiger charge is -2.31. The van der Waals surface area contributed by atoms with Crippen molar-refractivity contribution in [3.63, 3.8) is 0 Å². The molecule has 1 saturated heterocycles. The Morgan fingerprint density at radius 3 is 2.45 bits per heavy atom. The second-order valence-corrected chi connectivity index (χ2v) is 6.07. The van der Waals surface area contributed by atoms with E-state index in [1.807, 2.05) is 7.05 Å². The number of hydrogen-bond acceptors (Lipinski definition) is 4. The van der Waals surface area contributed by atoms with Crippen LogP contribution in [0.5, 0.6) is 0 Å². The van der Waals surface area contributed by atoms with Gasteiger partial charge in [-0.1, -0.05) is 19.3 Å². The fraction of sp³-hybridized carbons (Fsp3) is 0.867. The standard InChI is InChI=1S/C15H27N3O3.ClH/c1-18(11-5-3-2-4-6-11)14(19)10-17-15(20)13-8-7-12(9-16)21-13;/h11-13H,2-10,16H2,1H3,(H,17,20);1H/t12-,13+;/m1./s1. The third kappa shape index (κ3) is 5.11. The molecule has 1 heterocycles. The van der Waals surface area contributed by atoms with Gasteiger partial charge in [0.05, 0.1) is 12.6 Å². The van der Waals surface area contributed by atoms with Crippen molar-refractivity contribution >= 4 is 24.2 Å². The van der Waals surface area contributed by atoms with Crippen molar-refractivity contribution in [3.05, 3.63) is 0 Å². The van der Waals surface area contributed by atoms with Gasteiger partial charge in [-0.3, -0.25) is 9.59 Å². The first-order chi connectivity index (χ1) is 10.1. The monoisotopic (exact) mass is 333 g/mol. The van der Waals surface area contributed by atoms with Crippen LogP contribution in [-0.2, 0) is 14.3 Å². The molecule has 0 spiro atoms. The van der Waals surface area contributed by atoms with Gasteiger partial charge in [0, 0.05) is 19.6 Å². The van der Waals surface area contributed by atoms with E-state index >= 15 is 0 Å². The van der Waals surface area contributed by atoms with Crippen molar-refractivity contribution in [1.82, 2.24) is 10.2 Å². The van der Waals surface area contributed by atoms with Gasteiger partial charge in [0.1, 0.15) is 6.10 Å². The Labute approximate surface area is 138 Å². The number of amides is 2. The molecule has 6 nitrogen and oxygen atoms in total. The predicted molar refractivity (Wildman–Crippen MR) is 86.9 cm³/mol. The molecule has 7 heteroatoms. The molecule has 2 rings (SSSR count). The number of halogens is 1. The Morgan fingerprint density at radius 2 is 1.86 bits per heavy atom. The zero-order valence-electron chi connectivity index (χ0n) is 13.3. The van der Waals surface area contributed by atoms with E-state index in [4.69, 9.17) is 10.5 Å². The Balaban J connectivity index is 0.00000242. The minimum atomic E-state index is -0.452.